The molecule has 1 saturated heterocycles. The van der Waals surface area contributed by atoms with Crippen LogP contribution in [0.3, 0.4) is 0 Å². The molecule has 2 aromatic carbocycles. The first-order valence-electron chi connectivity index (χ1n) is 10.4. The maximum Gasteiger partial charge on any atom is 0.222 e. The van der Waals surface area contributed by atoms with Crippen LogP contribution >= 0.6 is 22.9 Å². The highest BCUT2D eigenvalue weighted by molar-refractivity contribution is 7.07. The molecular weight excluding hydrogens is 430 g/mol. The standard InChI is InChI=1S/C24H22ClN3O2S/c25-18-8-2-3-9-19(18)26-24-28(14-6-13-27-12-5-11-23(27)29)20(16-31-24)22-15-17-7-1-4-10-21(17)30-22/h1-4,7-10,15-16H,5-6,11-14H2. The largest absolute Gasteiger partial charge is 0.454 e. The van der Waals surface area contributed by atoms with Crippen LogP contribution in [0.25, 0.3) is 22.4 Å². The lowest BCUT2D eigenvalue weighted by atomic mass is 10.2. The molecule has 0 aliphatic carbocycles. The van der Waals surface area contributed by atoms with Gasteiger partial charge >= 0.3 is 0 Å². The molecular formula is C24H22ClN3O2S. The van der Waals surface area contributed by atoms with Crippen LogP contribution in [0.4, 0.5) is 5.69 Å². The Morgan fingerprint density at radius 1 is 1.10 bits per heavy atom. The number of amides is 1. The van der Waals surface area contributed by atoms with E-state index in [1.165, 1.54) is 0 Å². The van der Waals surface area contributed by atoms with Gasteiger partial charge in [0, 0.05) is 36.8 Å². The zero-order chi connectivity index (χ0) is 21.2. The van der Waals surface area contributed by atoms with Gasteiger partial charge in [-0.1, -0.05) is 41.9 Å². The van der Waals surface area contributed by atoms with Crippen molar-refractivity contribution in [1.29, 1.82) is 0 Å². The fourth-order valence-electron chi connectivity index (χ4n) is 3.95. The van der Waals surface area contributed by atoms with E-state index in [1.807, 2.05) is 53.4 Å². The van der Waals surface area contributed by atoms with E-state index < -0.39 is 0 Å². The summed E-state index contributed by atoms with van der Waals surface area (Å²) in [6, 6.07) is 17.7. The Morgan fingerprint density at radius 3 is 2.74 bits per heavy atom. The van der Waals surface area contributed by atoms with Crippen LogP contribution in [0, 0.1) is 0 Å². The third-order valence-corrected chi connectivity index (χ3v) is 6.71. The Hall–Kier alpha value is -2.83. The summed E-state index contributed by atoms with van der Waals surface area (Å²) in [4.78, 5) is 19.6. The average molecular weight is 452 g/mol. The number of aromatic nitrogens is 1. The van der Waals surface area contributed by atoms with Crippen molar-refractivity contribution in [1.82, 2.24) is 9.47 Å². The lowest BCUT2D eigenvalue weighted by Gasteiger charge is -2.16. The van der Waals surface area contributed by atoms with E-state index in [2.05, 4.69) is 16.0 Å². The first-order chi connectivity index (χ1) is 15.2. The maximum absolute atomic E-state index is 12.0. The number of hydrogen-bond acceptors (Lipinski definition) is 4. The second-order valence-electron chi connectivity index (χ2n) is 7.60. The number of furan rings is 1. The maximum atomic E-state index is 12.0. The van der Waals surface area contributed by atoms with Gasteiger partial charge in [0.1, 0.15) is 5.58 Å². The lowest BCUT2D eigenvalue weighted by molar-refractivity contribution is -0.127. The first-order valence-corrected chi connectivity index (χ1v) is 11.7. The minimum absolute atomic E-state index is 0.258. The number of rotatable bonds is 6. The minimum Gasteiger partial charge on any atom is -0.454 e. The van der Waals surface area contributed by atoms with Crippen LogP contribution in [0.2, 0.25) is 5.02 Å². The van der Waals surface area contributed by atoms with Crippen LogP contribution in [0.15, 0.2) is 69.4 Å². The predicted molar refractivity (Wildman–Crippen MR) is 125 cm³/mol. The molecule has 0 radical (unpaired) electrons. The summed E-state index contributed by atoms with van der Waals surface area (Å²) in [7, 11) is 0. The second kappa shape index (κ2) is 8.73. The molecule has 7 heteroatoms. The Kier molecular flexibility index (Phi) is 5.66. The predicted octanol–water partition coefficient (Wildman–Crippen LogP) is 5.86. The van der Waals surface area contributed by atoms with E-state index >= 15 is 0 Å². The monoisotopic (exact) mass is 451 g/mol. The zero-order valence-corrected chi connectivity index (χ0v) is 18.5. The van der Waals surface area contributed by atoms with Crippen molar-refractivity contribution >= 4 is 45.5 Å². The van der Waals surface area contributed by atoms with E-state index in [4.69, 9.17) is 21.0 Å². The number of fused-ring (bicyclic) bond motifs is 1. The van der Waals surface area contributed by atoms with Gasteiger partial charge in [0.15, 0.2) is 10.6 Å². The van der Waals surface area contributed by atoms with Crippen LogP contribution in [0.1, 0.15) is 19.3 Å². The van der Waals surface area contributed by atoms with Crippen LogP contribution in [-0.2, 0) is 11.3 Å². The summed E-state index contributed by atoms with van der Waals surface area (Å²) in [5.41, 5.74) is 2.59. The fraction of sp³-hybridized carbons (Fsp3) is 0.250. The SMILES string of the molecule is O=C1CCCN1CCCn1c(-c2cc3ccccc3o2)csc1=Nc1ccccc1Cl. The molecule has 3 heterocycles. The Bertz CT molecular complexity index is 1270. The molecule has 1 aliphatic rings. The quantitative estimate of drug-likeness (QED) is 0.368. The first kappa shape index (κ1) is 20.1. The minimum atomic E-state index is 0.258. The number of carbonyl (C=O) groups excluding carboxylic acids is 1. The Balaban J connectivity index is 1.52. The molecule has 2 aromatic heterocycles. The van der Waals surface area contributed by atoms with E-state index in [1.54, 1.807) is 11.3 Å². The van der Waals surface area contributed by atoms with Crippen LogP contribution in [0.5, 0.6) is 0 Å². The van der Waals surface area contributed by atoms with Crippen LogP contribution in [-0.4, -0.2) is 28.5 Å². The summed E-state index contributed by atoms with van der Waals surface area (Å²) in [5.74, 6) is 1.07. The molecule has 158 valence electrons. The molecule has 0 atom stereocenters. The molecule has 0 bridgehead atoms. The zero-order valence-electron chi connectivity index (χ0n) is 17.0. The summed E-state index contributed by atoms with van der Waals surface area (Å²) in [5, 5.41) is 3.77. The van der Waals surface area contributed by atoms with Crippen molar-refractivity contribution in [3.63, 3.8) is 0 Å². The number of benzene rings is 2. The van der Waals surface area contributed by atoms with E-state index in [0.717, 1.165) is 65.4 Å². The summed E-state index contributed by atoms with van der Waals surface area (Å²) < 4.78 is 8.31. The Morgan fingerprint density at radius 2 is 1.94 bits per heavy atom. The summed E-state index contributed by atoms with van der Waals surface area (Å²) in [6.45, 7) is 2.36. The fourth-order valence-corrected chi connectivity index (χ4v) is 5.05. The molecule has 0 unspecified atom stereocenters. The van der Waals surface area contributed by atoms with Gasteiger partial charge in [-0.05, 0) is 37.1 Å². The molecule has 5 rings (SSSR count). The third kappa shape index (κ3) is 4.18. The van der Waals surface area contributed by atoms with Crippen molar-refractivity contribution in [3.05, 3.63) is 69.8 Å². The highest BCUT2D eigenvalue weighted by atomic mass is 35.5. The van der Waals surface area contributed by atoms with Gasteiger partial charge in [0.05, 0.1) is 16.4 Å². The summed E-state index contributed by atoms with van der Waals surface area (Å²) in [6.07, 6.45) is 2.48. The molecule has 1 aliphatic heterocycles. The summed E-state index contributed by atoms with van der Waals surface area (Å²) >= 11 is 7.91. The molecule has 5 nitrogen and oxygen atoms in total. The highest BCUT2D eigenvalue weighted by Gasteiger charge is 2.20. The molecule has 1 amide bonds. The number of likely N-dealkylation sites (tertiary alicyclic amines) is 1. The smallest absolute Gasteiger partial charge is 0.222 e. The van der Waals surface area contributed by atoms with Crippen molar-refractivity contribution in [2.45, 2.75) is 25.8 Å². The van der Waals surface area contributed by atoms with Crippen molar-refractivity contribution in [3.8, 4) is 11.5 Å². The molecule has 0 saturated carbocycles. The average Bonchev–Trinajstić information content (AvgIpc) is 3.48. The van der Waals surface area contributed by atoms with E-state index in [-0.39, 0.29) is 5.91 Å². The Labute approximate surface area is 189 Å². The number of halogens is 1. The number of nitrogens with zero attached hydrogens (tertiary/aromatic N) is 3. The number of thiazole rings is 1. The highest BCUT2D eigenvalue weighted by Crippen LogP contribution is 2.29. The van der Waals surface area contributed by atoms with Crippen molar-refractivity contribution in [2.24, 2.45) is 4.99 Å². The van der Waals surface area contributed by atoms with Gasteiger partial charge in [0.2, 0.25) is 5.91 Å². The number of carbonyl (C=O) groups is 1. The number of para-hydroxylation sites is 2. The van der Waals surface area contributed by atoms with Gasteiger partial charge in [-0.2, -0.15) is 0 Å². The van der Waals surface area contributed by atoms with Gasteiger partial charge in [0.25, 0.3) is 0 Å². The molecule has 0 spiro atoms. The van der Waals surface area contributed by atoms with Gasteiger partial charge < -0.3 is 13.9 Å². The topological polar surface area (TPSA) is 50.7 Å². The van der Waals surface area contributed by atoms with E-state index in [9.17, 15) is 4.79 Å². The van der Waals surface area contributed by atoms with E-state index in [0.29, 0.717) is 11.4 Å². The van der Waals surface area contributed by atoms with Crippen LogP contribution < -0.4 is 4.80 Å². The molecule has 0 N–H and O–H groups in total. The van der Waals surface area contributed by atoms with Gasteiger partial charge in [-0.15, -0.1) is 11.3 Å². The van der Waals surface area contributed by atoms with Gasteiger partial charge in [-0.25, -0.2) is 4.99 Å². The molecule has 1 fully saturated rings. The van der Waals surface area contributed by atoms with Crippen molar-refractivity contribution in [2.75, 3.05) is 13.1 Å². The third-order valence-electron chi connectivity index (χ3n) is 5.53. The van der Waals surface area contributed by atoms with Crippen molar-refractivity contribution < 1.29 is 9.21 Å². The normalized spacial score (nSPS) is 14.8. The number of hydrogen-bond donors (Lipinski definition) is 0. The molecule has 4 aromatic rings. The lowest BCUT2D eigenvalue weighted by Crippen LogP contribution is -2.27. The van der Waals surface area contributed by atoms with Gasteiger partial charge in [-0.3, -0.25) is 4.79 Å². The second-order valence-corrected chi connectivity index (χ2v) is 8.85. The molecule has 31 heavy (non-hydrogen) atoms.